The zero-order valence-electron chi connectivity index (χ0n) is 34.5. The molecule has 0 amide bonds. The number of allylic oxidation sites excluding steroid dienone is 8. The third-order valence-corrected chi connectivity index (χ3v) is 9.37. The molecule has 13 heteroatoms. The van der Waals surface area contributed by atoms with Crippen LogP contribution in [0, 0.1) is 0 Å². The van der Waals surface area contributed by atoms with Crippen LogP contribution in [0.4, 0.5) is 0 Å². The van der Waals surface area contributed by atoms with Gasteiger partial charge in [-0.25, -0.2) is 4.57 Å². The van der Waals surface area contributed by atoms with E-state index in [4.69, 9.17) is 18.5 Å². The number of aliphatic hydroxyl groups is 3. The molecule has 1 unspecified atom stereocenters. The number of unbranched alkanes of at least 4 members (excludes halogenated alkanes) is 9. The van der Waals surface area contributed by atoms with Gasteiger partial charge in [0.05, 0.1) is 46.1 Å². The Kier molecular flexibility index (Phi) is 32.2. The highest BCUT2D eigenvalue weighted by Crippen LogP contribution is 2.43. The van der Waals surface area contributed by atoms with Crippen molar-refractivity contribution in [2.75, 3.05) is 47.5 Å². The minimum absolute atomic E-state index is 0.0360. The van der Waals surface area contributed by atoms with E-state index in [0.29, 0.717) is 17.4 Å². The van der Waals surface area contributed by atoms with Gasteiger partial charge in [-0.15, -0.1) is 0 Å². The van der Waals surface area contributed by atoms with E-state index < -0.39 is 50.8 Å². The molecule has 12 nitrogen and oxygen atoms in total. The Bertz CT molecular complexity index is 1180. The van der Waals surface area contributed by atoms with Gasteiger partial charge in [0.25, 0.3) is 0 Å². The van der Waals surface area contributed by atoms with Crippen molar-refractivity contribution in [1.82, 2.24) is 0 Å². The molecule has 0 saturated heterocycles. The number of aliphatic hydroxyl groups excluding tert-OH is 3. The third kappa shape index (κ3) is 35.7. The highest BCUT2D eigenvalue weighted by molar-refractivity contribution is 7.47. The SMILES string of the molecule is CCCC/C=C\CCCCCCCC(=O)OC[C@H](COP(=O)(O)OCC[N+](C)(C)C)OC(=O)CCC[C@H](O)[C@@H](O)/C=C/C=C/C=C\C=C\[C@@H](O)CCCCC. The minimum Gasteiger partial charge on any atom is -0.462 e. The van der Waals surface area contributed by atoms with Crippen molar-refractivity contribution in [3.05, 3.63) is 60.8 Å². The first kappa shape index (κ1) is 52.6. The molecule has 0 aromatic carbocycles. The van der Waals surface area contributed by atoms with Gasteiger partial charge >= 0.3 is 19.8 Å². The molecule has 5 atom stereocenters. The van der Waals surface area contributed by atoms with Gasteiger partial charge in [0, 0.05) is 12.8 Å². The molecule has 0 fully saturated rings. The Morgan fingerprint density at radius 2 is 1.27 bits per heavy atom. The van der Waals surface area contributed by atoms with Gasteiger partial charge in [-0.3, -0.25) is 18.6 Å². The lowest BCUT2D eigenvalue weighted by atomic mass is 10.1. The van der Waals surface area contributed by atoms with E-state index >= 15 is 0 Å². The number of phosphoric ester groups is 1. The molecule has 0 heterocycles. The molecule has 55 heavy (non-hydrogen) atoms. The fourth-order valence-electron chi connectivity index (χ4n) is 4.96. The summed E-state index contributed by atoms with van der Waals surface area (Å²) in [6.07, 6.45) is 27.9. The van der Waals surface area contributed by atoms with Crippen LogP contribution in [0.25, 0.3) is 0 Å². The van der Waals surface area contributed by atoms with Crippen LogP contribution in [0.15, 0.2) is 60.8 Å². The number of hydrogen-bond acceptors (Lipinski definition) is 10. The van der Waals surface area contributed by atoms with Gasteiger partial charge in [-0.2, -0.15) is 0 Å². The maximum Gasteiger partial charge on any atom is 0.472 e. The van der Waals surface area contributed by atoms with E-state index in [1.807, 2.05) is 21.1 Å². The second-order valence-electron chi connectivity index (χ2n) is 14.9. The number of carbonyl (C=O) groups excluding carboxylic acids is 2. The number of nitrogens with zero attached hydrogens (tertiary/aromatic N) is 1. The van der Waals surface area contributed by atoms with Crippen LogP contribution in [-0.4, -0.2) is 109 Å². The lowest BCUT2D eigenvalue weighted by molar-refractivity contribution is -0.870. The molecular formula is C42H75NO11P+. The summed E-state index contributed by atoms with van der Waals surface area (Å²) in [6, 6.07) is 0. The summed E-state index contributed by atoms with van der Waals surface area (Å²) in [5.74, 6) is -1.15. The van der Waals surface area contributed by atoms with Crippen molar-refractivity contribution >= 4 is 19.8 Å². The molecule has 0 radical (unpaired) electrons. The molecule has 4 N–H and O–H groups in total. The van der Waals surface area contributed by atoms with E-state index in [2.05, 4.69) is 26.0 Å². The molecule has 0 aliphatic rings. The number of rotatable bonds is 35. The van der Waals surface area contributed by atoms with Gasteiger partial charge in [-0.1, -0.05) is 126 Å². The zero-order chi connectivity index (χ0) is 41.2. The maximum absolute atomic E-state index is 12.7. The molecule has 0 spiro atoms. The van der Waals surface area contributed by atoms with Crippen molar-refractivity contribution in [2.45, 2.75) is 147 Å². The molecule has 0 aliphatic heterocycles. The predicted octanol–water partition coefficient (Wildman–Crippen LogP) is 7.82. The molecule has 0 aliphatic carbocycles. The summed E-state index contributed by atoms with van der Waals surface area (Å²) < 4.78 is 33.9. The van der Waals surface area contributed by atoms with Crippen molar-refractivity contribution in [3.63, 3.8) is 0 Å². The molecule has 0 aromatic heterocycles. The summed E-state index contributed by atoms with van der Waals surface area (Å²) in [5.41, 5.74) is 0. The number of likely N-dealkylation sites (N-methyl/N-ethyl adjacent to an activating group) is 1. The molecule has 318 valence electrons. The van der Waals surface area contributed by atoms with Crippen LogP contribution in [0.5, 0.6) is 0 Å². The summed E-state index contributed by atoms with van der Waals surface area (Å²) in [5, 5.41) is 30.5. The Balaban J connectivity index is 4.79. The lowest BCUT2D eigenvalue weighted by Gasteiger charge is -2.24. The normalized spacial score (nSPS) is 16.0. The number of ether oxygens (including phenoxy) is 2. The van der Waals surface area contributed by atoms with Crippen LogP contribution < -0.4 is 0 Å². The average Bonchev–Trinajstić information content (AvgIpc) is 3.12. The summed E-state index contributed by atoms with van der Waals surface area (Å²) in [7, 11) is 1.24. The van der Waals surface area contributed by atoms with E-state index in [9.17, 15) is 34.4 Å². The lowest BCUT2D eigenvalue weighted by Crippen LogP contribution is -2.37. The Labute approximate surface area is 332 Å². The second kappa shape index (κ2) is 33.7. The monoisotopic (exact) mass is 801 g/mol. The average molecular weight is 801 g/mol. The van der Waals surface area contributed by atoms with Crippen molar-refractivity contribution in [1.29, 1.82) is 0 Å². The quantitative estimate of drug-likeness (QED) is 0.0123. The zero-order valence-corrected chi connectivity index (χ0v) is 35.4. The molecule has 0 saturated carbocycles. The highest BCUT2D eigenvalue weighted by Gasteiger charge is 2.27. The van der Waals surface area contributed by atoms with Crippen LogP contribution in [0.3, 0.4) is 0 Å². The Hall–Kier alpha value is -2.41. The van der Waals surface area contributed by atoms with Crippen LogP contribution in [0.2, 0.25) is 0 Å². The van der Waals surface area contributed by atoms with E-state index in [1.54, 1.807) is 42.5 Å². The van der Waals surface area contributed by atoms with Crippen molar-refractivity contribution in [3.8, 4) is 0 Å². The molecule has 0 rings (SSSR count). The number of esters is 2. The first-order chi connectivity index (χ1) is 26.2. The third-order valence-electron chi connectivity index (χ3n) is 8.39. The molecular weight excluding hydrogens is 725 g/mol. The van der Waals surface area contributed by atoms with Gasteiger partial charge in [0.1, 0.15) is 19.8 Å². The van der Waals surface area contributed by atoms with E-state index in [1.165, 1.54) is 18.9 Å². The molecule has 0 aromatic rings. The highest BCUT2D eigenvalue weighted by atomic mass is 31.2. The topological polar surface area (TPSA) is 169 Å². The van der Waals surface area contributed by atoms with Crippen LogP contribution in [0.1, 0.15) is 123 Å². The van der Waals surface area contributed by atoms with Crippen LogP contribution >= 0.6 is 7.82 Å². The van der Waals surface area contributed by atoms with Crippen LogP contribution in [-0.2, 0) is 32.7 Å². The van der Waals surface area contributed by atoms with Gasteiger partial charge in [0.15, 0.2) is 6.10 Å². The molecule has 0 bridgehead atoms. The van der Waals surface area contributed by atoms with Gasteiger partial charge in [-0.05, 0) is 44.9 Å². The largest absolute Gasteiger partial charge is 0.472 e. The predicted molar refractivity (Wildman–Crippen MR) is 219 cm³/mol. The first-order valence-electron chi connectivity index (χ1n) is 20.3. The van der Waals surface area contributed by atoms with Crippen molar-refractivity contribution in [2.24, 2.45) is 0 Å². The fourth-order valence-corrected chi connectivity index (χ4v) is 5.71. The summed E-state index contributed by atoms with van der Waals surface area (Å²) in [4.78, 5) is 35.3. The Morgan fingerprint density at radius 3 is 1.95 bits per heavy atom. The summed E-state index contributed by atoms with van der Waals surface area (Å²) in [6.45, 7) is 3.83. The van der Waals surface area contributed by atoms with Gasteiger partial charge < -0.3 is 34.2 Å². The maximum atomic E-state index is 12.7. The van der Waals surface area contributed by atoms with E-state index in [-0.39, 0.29) is 38.9 Å². The van der Waals surface area contributed by atoms with Crippen molar-refractivity contribution < 1.29 is 57.4 Å². The number of phosphoric acid groups is 1. The fraction of sp³-hybridized carbons (Fsp3) is 0.714. The minimum atomic E-state index is -4.47. The Morgan fingerprint density at radius 1 is 0.673 bits per heavy atom. The summed E-state index contributed by atoms with van der Waals surface area (Å²) >= 11 is 0. The second-order valence-corrected chi connectivity index (χ2v) is 16.3. The number of carbonyl (C=O) groups is 2. The number of hydrogen-bond donors (Lipinski definition) is 4. The van der Waals surface area contributed by atoms with E-state index in [0.717, 1.165) is 64.2 Å². The first-order valence-corrected chi connectivity index (χ1v) is 21.8. The standard InChI is InChI=1S/C42H74NO11P/c1-6-8-10-11-12-13-14-15-16-21-25-31-41(47)51-35-38(36-53-55(49,50)52-34-33-43(3,4)5)54-42(48)32-26-30-40(46)39(45)29-24-20-18-17-19-23-28-37(44)27-22-9-7-2/h11-12,17-20,23-24,28-29,37-40,44-46H,6-10,13-16,21-22,25-27,30-36H2,1-5H3/p+1/b12-11-,19-17-,20-18+,28-23+,29-24+/t37-,38+,39-,40-/m0/s1. The number of quaternary nitrogens is 1. The van der Waals surface area contributed by atoms with Gasteiger partial charge in [0.2, 0.25) is 0 Å². The smallest absolute Gasteiger partial charge is 0.462 e.